The third-order valence-corrected chi connectivity index (χ3v) is 1.98. The molecular weight excluding hydrogens is 148 g/mol. The zero-order chi connectivity index (χ0) is 7.40. The summed E-state index contributed by atoms with van der Waals surface area (Å²) in [6.07, 6.45) is 0. The maximum absolute atomic E-state index is 8.78. The van der Waals surface area contributed by atoms with Crippen molar-refractivity contribution < 1.29 is 5.11 Å². The van der Waals surface area contributed by atoms with Crippen molar-refractivity contribution in [2.24, 2.45) is 5.73 Å². The van der Waals surface area contributed by atoms with Crippen LogP contribution >= 0.6 is 11.3 Å². The molecule has 0 aromatic carbocycles. The summed E-state index contributed by atoms with van der Waals surface area (Å²) in [6, 6.07) is 0. The first-order valence-corrected chi connectivity index (χ1v) is 4.01. The zero-order valence-corrected chi connectivity index (χ0v) is 6.34. The molecule has 56 valence electrons. The van der Waals surface area contributed by atoms with E-state index in [1.165, 1.54) is 11.3 Å². The molecule has 0 spiro atoms. The molecule has 1 atom stereocenters. The average Bonchev–Trinajstić information content (AvgIpc) is 2.43. The van der Waals surface area contributed by atoms with Crippen LogP contribution in [-0.2, 0) is 0 Å². The molecule has 0 aliphatic heterocycles. The molecule has 0 amide bonds. The van der Waals surface area contributed by atoms with Crippen LogP contribution < -0.4 is 5.73 Å². The van der Waals surface area contributed by atoms with Crippen molar-refractivity contribution in [3.8, 4) is 0 Å². The van der Waals surface area contributed by atoms with Crippen LogP contribution in [0.5, 0.6) is 0 Å². The monoisotopic (exact) mass is 158 g/mol. The van der Waals surface area contributed by atoms with Gasteiger partial charge in [-0.2, -0.15) is 0 Å². The largest absolute Gasteiger partial charge is 0.396 e. The van der Waals surface area contributed by atoms with Crippen molar-refractivity contribution in [1.82, 2.24) is 4.98 Å². The lowest BCUT2D eigenvalue weighted by Crippen LogP contribution is -2.16. The van der Waals surface area contributed by atoms with Gasteiger partial charge in [-0.15, -0.1) is 11.3 Å². The molecule has 4 heteroatoms. The Morgan fingerprint density at radius 3 is 3.00 bits per heavy atom. The molecule has 0 saturated carbocycles. The predicted molar refractivity (Wildman–Crippen MR) is 41.0 cm³/mol. The van der Waals surface area contributed by atoms with Crippen molar-refractivity contribution in [3.63, 3.8) is 0 Å². The number of rotatable bonds is 3. The first kappa shape index (κ1) is 7.65. The maximum atomic E-state index is 8.78. The number of hydrogen-bond donors (Lipinski definition) is 2. The second-order valence-electron chi connectivity index (χ2n) is 2.03. The molecule has 3 N–H and O–H groups in total. The Labute approximate surface area is 63.5 Å². The SMILES string of the molecule is NCC(CO)c1cscn1. The fraction of sp³-hybridized carbons (Fsp3) is 0.500. The highest BCUT2D eigenvalue weighted by atomic mass is 32.1. The van der Waals surface area contributed by atoms with Crippen LogP contribution in [0.1, 0.15) is 11.6 Å². The minimum atomic E-state index is 0.0197. The van der Waals surface area contributed by atoms with Crippen LogP contribution in [0, 0.1) is 0 Å². The summed E-state index contributed by atoms with van der Waals surface area (Å²) in [4.78, 5) is 4.04. The van der Waals surface area contributed by atoms with E-state index in [0.29, 0.717) is 6.54 Å². The van der Waals surface area contributed by atoms with E-state index < -0.39 is 0 Å². The van der Waals surface area contributed by atoms with E-state index in [-0.39, 0.29) is 12.5 Å². The Morgan fingerprint density at radius 2 is 2.60 bits per heavy atom. The van der Waals surface area contributed by atoms with E-state index >= 15 is 0 Å². The number of aromatic nitrogens is 1. The minimum absolute atomic E-state index is 0.0197. The van der Waals surface area contributed by atoms with Gasteiger partial charge in [-0.1, -0.05) is 0 Å². The molecule has 3 nitrogen and oxygen atoms in total. The second kappa shape index (κ2) is 3.65. The van der Waals surface area contributed by atoms with E-state index in [1.807, 2.05) is 5.38 Å². The fourth-order valence-electron chi connectivity index (χ4n) is 0.712. The molecule has 0 saturated heterocycles. The van der Waals surface area contributed by atoms with Gasteiger partial charge in [0.15, 0.2) is 0 Å². The van der Waals surface area contributed by atoms with Gasteiger partial charge in [0.25, 0.3) is 0 Å². The summed E-state index contributed by atoms with van der Waals surface area (Å²) in [5.41, 5.74) is 8.02. The van der Waals surface area contributed by atoms with Crippen LogP contribution in [0.4, 0.5) is 0 Å². The van der Waals surface area contributed by atoms with Crippen molar-refractivity contribution >= 4 is 11.3 Å². The fourth-order valence-corrected chi connectivity index (χ4v) is 1.35. The molecular formula is C6H10N2OS. The molecule has 0 aliphatic carbocycles. The van der Waals surface area contributed by atoms with Crippen molar-refractivity contribution in [3.05, 3.63) is 16.6 Å². The number of aliphatic hydroxyl groups excluding tert-OH is 1. The molecule has 0 fully saturated rings. The highest BCUT2D eigenvalue weighted by Gasteiger charge is 2.08. The van der Waals surface area contributed by atoms with Crippen LogP contribution in [0.2, 0.25) is 0 Å². The van der Waals surface area contributed by atoms with Gasteiger partial charge in [-0.25, -0.2) is 4.98 Å². The van der Waals surface area contributed by atoms with E-state index in [0.717, 1.165) is 5.69 Å². The van der Waals surface area contributed by atoms with Crippen LogP contribution in [0.3, 0.4) is 0 Å². The van der Waals surface area contributed by atoms with Gasteiger partial charge >= 0.3 is 0 Å². The first-order chi connectivity index (χ1) is 4.88. The van der Waals surface area contributed by atoms with Crippen molar-refractivity contribution in [1.29, 1.82) is 0 Å². The van der Waals surface area contributed by atoms with Crippen LogP contribution in [-0.4, -0.2) is 23.2 Å². The summed E-state index contributed by atoms with van der Waals surface area (Å²) in [5, 5.41) is 10.7. The highest BCUT2D eigenvalue weighted by molar-refractivity contribution is 7.07. The quantitative estimate of drug-likeness (QED) is 0.659. The third-order valence-electron chi connectivity index (χ3n) is 1.37. The zero-order valence-electron chi connectivity index (χ0n) is 5.53. The Morgan fingerprint density at radius 1 is 1.80 bits per heavy atom. The van der Waals surface area contributed by atoms with E-state index in [9.17, 15) is 0 Å². The van der Waals surface area contributed by atoms with Gasteiger partial charge < -0.3 is 10.8 Å². The van der Waals surface area contributed by atoms with E-state index in [4.69, 9.17) is 10.8 Å². The summed E-state index contributed by atoms with van der Waals surface area (Å²) in [7, 11) is 0. The lowest BCUT2D eigenvalue weighted by molar-refractivity contribution is 0.266. The minimum Gasteiger partial charge on any atom is -0.396 e. The van der Waals surface area contributed by atoms with Crippen LogP contribution in [0.25, 0.3) is 0 Å². The number of hydrogen-bond acceptors (Lipinski definition) is 4. The summed E-state index contributed by atoms with van der Waals surface area (Å²) < 4.78 is 0. The molecule has 0 bridgehead atoms. The third kappa shape index (κ3) is 1.53. The number of aliphatic hydroxyl groups is 1. The van der Waals surface area contributed by atoms with E-state index in [2.05, 4.69) is 4.98 Å². The first-order valence-electron chi connectivity index (χ1n) is 3.07. The van der Waals surface area contributed by atoms with Gasteiger partial charge in [0.1, 0.15) is 0 Å². The number of nitrogens with zero attached hydrogens (tertiary/aromatic N) is 1. The summed E-state index contributed by atoms with van der Waals surface area (Å²) in [5.74, 6) is 0.0197. The van der Waals surface area contributed by atoms with Crippen LogP contribution in [0.15, 0.2) is 10.9 Å². The lowest BCUT2D eigenvalue weighted by Gasteiger charge is -2.05. The van der Waals surface area contributed by atoms with Crippen molar-refractivity contribution in [2.45, 2.75) is 5.92 Å². The van der Waals surface area contributed by atoms with E-state index in [1.54, 1.807) is 5.51 Å². The Kier molecular flexibility index (Phi) is 2.80. The Bertz CT molecular complexity index is 172. The molecule has 0 aliphatic rings. The predicted octanol–water partition coefficient (Wildman–Crippen LogP) is 0.178. The molecule has 1 aromatic rings. The van der Waals surface area contributed by atoms with Gasteiger partial charge in [0, 0.05) is 17.8 Å². The Hall–Kier alpha value is -0.450. The molecule has 1 aromatic heterocycles. The molecule has 1 rings (SSSR count). The molecule has 1 unspecified atom stereocenters. The smallest absolute Gasteiger partial charge is 0.0794 e. The van der Waals surface area contributed by atoms with Crippen molar-refractivity contribution in [2.75, 3.05) is 13.2 Å². The van der Waals surface area contributed by atoms with Gasteiger partial charge in [-0.05, 0) is 0 Å². The van der Waals surface area contributed by atoms with Gasteiger partial charge in [0.2, 0.25) is 0 Å². The average molecular weight is 158 g/mol. The van der Waals surface area contributed by atoms with Gasteiger partial charge in [-0.3, -0.25) is 0 Å². The topological polar surface area (TPSA) is 59.1 Å². The molecule has 10 heavy (non-hydrogen) atoms. The standard InChI is InChI=1S/C6H10N2OS/c7-1-5(2-9)6-3-10-4-8-6/h3-5,9H,1-2,7H2. The number of nitrogens with two attached hydrogens (primary N) is 1. The number of thiazole rings is 1. The molecule has 1 heterocycles. The maximum Gasteiger partial charge on any atom is 0.0794 e. The lowest BCUT2D eigenvalue weighted by atomic mass is 10.1. The normalized spacial score (nSPS) is 13.4. The highest BCUT2D eigenvalue weighted by Crippen LogP contribution is 2.12. The van der Waals surface area contributed by atoms with Gasteiger partial charge in [0.05, 0.1) is 17.8 Å². The molecule has 0 radical (unpaired) electrons. The second-order valence-corrected chi connectivity index (χ2v) is 2.75. The Balaban J connectivity index is 2.64. The summed E-state index contributed by atoms with van der Waals surface area (Å²) >= 11 is 1.52. The summed E-state index contributed by atoms with van der Waals surface area (Å²) in [6.45, 7) is 0.542.